The van der Waals surface area contributed by atoms with Crippen LogP contribution in [0.5, 0.6) is 0 Å². The van der Waals surface area contributed by atoms with Gasteiger partial charge in [0.25, 0.3) is 0 Å². The number of hydrogen-bond donors (Lipinski definition) is 0. The highest BCUT2D eigenvalue weighted by atomic mass is 15.0. The molecule has 104 heavy (non-hydrogen) atoms. The Labute approximate surface area is 604 Å². The molecule has 0 N–H and O–H groups in total. The highest BCUT2D eigenvalue weighted by Crippen LogP contribution is 2.66. The Balaban J connectivity index is 0.615. The molecule has 0 saturated heterocycles. The molecule has 0 atom stereocenters. The Morgan fingerprint density at radius 1 is 0.173 bits per heavy atom. The van der Waals surface area contributed by atoms with Crippen LogP contribution < -0.4 is 0 Å². The summed E-state index contributed by atoms with van der Waals surface area (Å²) in [5.74, 6) is 0. The molecule has 2 nitrogen and oxygen atoms in total. The smallest absolute Gasteiger partial charge is 0.0725 e. The number of aromatic nitrogens is 2. The van der Waals surface area contributed by atoms with Crippen molar-refractivity contribution in [1.29, 1.82) is 0 Å². The number of hydrogen-bond acceptors (Lipinski definition) is 0. The van der Waals surface area contributed by atoms with Crippen molar-refractivity contribution in [2.24, 2.45) is 0 Å². The molecule has 4 aliphatic carbocycles. The number of benzene rings is 16. The highest BCUT2D eigenvalue weighted by Gasteiger charge is 2.54. The van der Waals surface area contributed by atoms with E-state index in [0.717, 1.165) is 11.1 Å². The van der Waals surface area contributed by atoms with Crippen LogP contribution in [0.3, 0.4) is 0 Å². The molecule has 0 radical (unpaired) electrons. The first-order valence-electron chi connectivity index (χ1n) is 36.3. The van der Waals surface area contributed by atoms with Gasteiger partial charge in [0.05, 0.1) is 32.9 Å². The van der Waals surface area contributed by atoms with Gasteiger partial charge >= 0.3 is 0 Å². The lowest BCUT2D eigenvalue weighted by molar-refractivity contribution is 0.793. The summed E-state index contributed by atoms with van der Waals surface area (Å²) >= 11 is 0. The van der Waals surface area contributed by atoms with Crippen molar-refractivity contribution in [2.45, 2.75) is 10.8 Å². The standard InChI is InChI=1S/C102H64N2/c1-3-19-75(20-4-1)103-97-33-17-11-27-85(97)87-59-67(43-57-99(87)103)37-35-65-39-45-69(46-40-65)71-49-53-81-83-55-51-73(63-95(83)101(93(81)61-71)89-29-13-7-23-77(89)78-24-8-14-30-90(78)101)74-52-56-84-82-54-50-72(62-94(82)102(96(84)64-74)91-31-15-9-25-79(91)80-26-10-16-32-92(80)102)70-47-41-66(42-48-70)36-38-68-44-58-100-88(60-68)86-28-12-18-34-98(86)104(100)76-21-5-2-6-22-76/h1-64H. The molecule has 2 heteroatoms. The van der Waals surface area contributed by atoms with Gasteiger partial charge in [0.15, 0.2) is 0 Å². The molecule has 0 fully saturated rings. The SMILES string of the molecule is C(=Cc1ccc2c(c1)c1ccccc1n2-c1ccccc1)c1ccc(-c2ccc3c(c2)C2(c4ccccc4-c4ccccc42)c2cc(-c4ccc5c(c4)C4(c6ccccc6-c6ccccc64)c4cc(-c6ccc(C=Cc7ccc8c(c7)c7ccccc7n8-c7ccccc7)cc6)ccc4-5)ccc2-3)cc1. The van der Waals surface area contributed by atoms with Crippen molar-refractivity contribution in [2.75, 3.05) is 0 Å². The zero-order valence-corrected chi connectivity index (χ0v) is 56.8. The molecule has 0 amide bonds. The molecule has 0 bridgehead atoms. The van der Waals surface area contributed by atoms with Crippen LogP contribution in [-0.2, 0) is 10.8 Å². The predicted molar refractivity (Wildman–Crippen MR) is 435 cm³/mol. The number of nitrogens with zero attached hydrogens (tertiary/aromatic N) is 2. The summed E-state index contributed by atoms with van der Waals surface area (Å²) in [5.41, 5.74) is 38.9. The maximum absolute atomic E-state index is 2.56. The van der Waals surface area contributed by atoms with E-state index in [0.29, 0.717) is 0 Å². The second-order valence-electron chi connectivity index (χ2n) is 28.6. The van der Waals surface area contributed by atoms with Crippen LogP contribution in [0.2, 0.25) is 0 Å². The molecule has 16 aromatic carbocycles. The summed E-state index contributed by atoms with van der Waals surface area (Å²) in [6.07, 6.45) is 8.99. The number of rotatable bonds is 9. The lowest BCUT2D eigenvalue weighted by Gasteiger charge is -2.31. The Kier molecular flexibility index (Phi) is 12.7. The number of para-hydroxylation sites is 4. The van der Waals surface area contributed by atoms with E-state index in [1.807, 2.05) is 0 Å². The van der Waals surface area contributed by atoms with Gasteiger partial charge in [-0.15, -0.1) is 0 Å². The van der Waals surface area contributed by atoms with E-state index < -0.39 is 10.8 Å². The molecular weight excluding hydrogens is 1250 g/mol. The molecule has 0 unspecified atom stereocenters. The normalized spacial score (nSPS) is 13.7. The molecular formula is C102H64N2. The minimum absolute atomic E-state index is 0.551. The van der Waals surface area contributed by atoms with E-state index >= 15 is 0 Å². The largest absolute Gasteiger partial charge is 0.309 e. The van der Waals surface area contributed by atoms with Gasteiger partial charge < -0.3 is 9.13 Å². The minimum atomic E-state index is -0.551. The molecule has 0 saturated carbocycles. The summed E-state index contributed by atoms with van der Waals surface area (Å²) in [4.78, 5) is 0. The van der Waals surface area contributed by atoms with Crippen molar-refractivity contribution in [1.82, 2.24) is 9.13 Å². The average molecular weight is 1320 g/mol. The van der Waals surface area contributed by atoms with Crippen molar-refractivity contribution >= 4 is 67.9 Å². The molecule has 2 heterocycles. The van der Waals surface area contributed by atoms with Crippen LogP contribution in [0.4, 0.5) is 0 Å². The first-order chi connectivity index (χ1) is 51.5. The zero-order chi connectivity index (χ0) is 68.2. The molecule has 2 aromatic heterocycles. The first-order valence-corrected chi connectivity index (χ1v) is 36.3. The molecule has 4 aliphatic rings. The Hall–Kier alpha value is -13.4. The van der Waals surface area contributed by atoms with Crippen molar-refractivity contribution in [3.8, 4) is 89.3 Å². The summed E-state index contributed by atoms with van der Waals surface area (Å²) in [7, 11) is 0. The van der Waals surface area contributed by atoms with E-state index in [9.17, 15) is 0 Å². The minimum Gasteiger partial charge on any atom is -0.309 e. The topological polar surface area (TPSA) is 9.86 Å². The lowest BCUT2D eigenvalue weighted by Crippen LogP contribution is -2.26. The molecule has 18 aromatic rings. The van der Waals surface area contributed by atoms with Crippen molar-refractivity contribution in [3.63, 3.8) is 0 Å². The van der Waals surface area contributed by atoms with Gasteiger partial charge in [0.2, 0.25) is 0 Å². The second kappa shape index (κ2) is 22.6. The van der Waals surface area contributed by atoms with Crippen molar-refractivity contribution in [3.05, 3.63) is 431 Å². The van der Waals surface area contributed by atoms with Crippen LogP contribution in [0, 0.1) is 0 Å². The summed E-state index contributed by atoms with van der Waals surface area (Å²) in [6, 6.07) is 137. The molecule has 482 valence electrons. The summed E-state index contributed by atoms with van der Waals surface area (Å²) < 4.78 is 4.75. The third-order valence-corrected chi connectivity index (χ3v) is 23.4. The molecule has 2 spiro atoms. The van der Waals surface area contributed by atoms with Gasteiger partial charge in [0, 0.05) is 32.9 Å². The monoisotopic (exact) mass is 1320 g/mol. The van der Waals surface area contributed by atoms with Crippen LogP contribution in [0.25, 0.3) is 157 Å². The Bertz CT molecular complexity index is 6190. The van der Waals surface area contributed by atoms with Crippen LogP contribution in [0.15, 0.2) is 364 Å². The van der Waals surface area contributed by atoms with Crippen LogP contribution in [0.1, 0.15) is 66.8 Å². The van der Waals surface area contributed by atoms with Gasteiger partial charge in [-0.3, -0.25) is 0 Å². The van der Waals surface area contributed by atoms with Crippen LogP contribution in [-0.4, -0.2) is 9.13 Å². The summed E-state index contributed by atoms with van der Waals surface area (Å²) in [6.45, 7) is 0. The van der Waals surface area contributed by atoms with E-state index in [1.54, 1.807) is 0 Å². The Morgan fingerprint density at radius 3 is 0.788 bits per heavy atom. The maximum Gasteiger partial charge on any atom is 0.0725 e. The van der Waals surface area contributed by atoms with E-state index in [2.05, 4.69) is 397 Å². The zero-order valence-electron chi connectivity index (χ0n) is 56.8. The predicted octanol–water partition coefficient (Wildman–Crippen LogP) is 25.9. The van der Waals surface area contributed by atoms with Gasteiger partial charge in [-0.25, -0.2) is 0 Å². The lowest BCUT2D eigenvalue weighted by atomic mass is 9.69. The van der Waals surface area contributed by atoms with Crippen LogP contribution >= 0.6 is 0 Å². The first kappa shape index (κ1) is 58.4. The van der Waals surface area contributed by atoms with Gasteiger partial charge in [-0.1, -0.05) is 303 Å². The number of fused-ring (bicyclic) bond motifs is 26. The van der Waals surface area contributed by atoms with E-state index in [1.165, 1.54) is 189 Å². The third kappa shape index (κ3) is 8.39. The highest BCUT2D eigenvalue weighted by molar-refractivity contribution is 6.12. The third-order valence-electron chi connectivity index (χ3n) is 23.4. The fourth-order valence-corrected chi connectivity index (χ4v) is 18.9. The fourth-order valence-electron chi connectivity index (χ4n) is 18.9. The van der Waals surface area contributed by atoms with Gasteiger partial charge in [-0.05, 0) is 230 Å². The Morgan fingerprint density at radius 2 is 0.433 bits per heavy atom. The fraction of sp³-hybridized carbons (Fsp3) is 0.0196. The van der Waals surface area contributed by atoms with Gasteiger partial charge in [0.1, 0.15) is 0 Å². The molecule has 0 aliphatic heterocycles. The van der Waals surface area contributed by atoms with Crippen molar-refractivity contribution < 1.29 is 0 Å². The molecule has 22 rings (SSSR count). The average Bonchev–Trinajstić information content (AvgIpc) is 1.51. The van der Waals surface area contributed by atoms with Gasteiger partial charge in [-0.2, -0.15) is 0 Å². The van der Waals surface area contributed by atoms with E-state index in [4.69, 9.17) is 0 Å². The second-order valence-corrected chi connectivity index (χ2v) is 28.6. The maximum atomic E-state index is 2.56. The quantitative estimate of drug-likeness (QED) is 0.128. The summed E-state index contributed by atoms with van der Waals surface area (Å²) in [5, 5.41) is 5.01. The van der Waals surface area contributed by atoms with E-state index in [-0.39, 0.29) is 0 Å².